The highest BCUT2D eigenvalue weighted by atomic mass is 32.1. The number of aromatic nitrogens is 2. The van der Waals surface area contributed by atoms with Crippen LogP contribution in [0.1, 0.15) is 50.6 Å². The lowest BCUT2D eigenvalue weighted by atomic mass is 9.84. The van der Waals surface area contributed by atoms with Gasteiger partial charge in [-0.15, -0.1) is 11.3 Å². The molecule has 0 radical (unpaired) electrons. The van der Waals surface area contributed by atoms with Gasteiger partial charge in [-0.25, -0.2) is 4.98 Å². The average Bonchev–Trinajstić information content (AvgIpc) is 2.88. The second-order valence-corrected chi connectivity index (χ2v) is 6.67. The maximum atomic E-state index is 6.45. The predicted octanol–water partition coefficient (Wildman–Crippen LogP) is 3.63. The molecule has 2 N–H and O–H groups in total. The van der Waals surface area contributed by atoms with Gasteiger partial charge in [-0.3, -0.25) is 4.40 Å². The molecule has 2 aromatic heterocycles. The minimum Gasteiger partial charge on any atom is -0.327 e. The quantitative estimate of drug-likeness (QED) is 0.931. The van der Waals surface area contributed by atoms with Crippen molar-refractivity contribution < 1.29 is 0 Å². The van der Waals surface area contributed by atoms with Crippen LogP contribution in [0.15, 0.2) is 17.8 Å². The lowest BCUT2D eigenvalue weighted by Gasteiger charge is -2.25. The summed E-state index contributed by atoms with van der Waals surface area (Å²) in [6, 6.07) is 0.280. The summed E-state index contributed by atoms with van der Waals surface area (Å²) in [5, 5.41) is 2.07. The van der Waals surface area contributed by atoms with Gasteiger partial charge in [-0.1, -0.05) is 32.1 Å². The topological polar surface area (TPSA) is 43.3 Å². The van der Waals surface area contributed by atoms with Gasteiger partial charge in [0.2, 0.25) is 0 Å². The van der Waals surface area contributed by atoms with E-state index < -0.39 is 0 Å². The van der Waals surface area contributed by atoms with Crippen LogP contribution in [0, 0.1) is 5.92 Å². The summed E-state index contributed by atoms with van der Waals surface area (Å²) in [5.41, 5.74) is 7.60. The molecule has 3 rings (SSSR count). The second kappa shape index (κ2) is 6.06. The molecule has 1 saturated carbocycles. The largest absolute Gasteiger partial charge is 0.327 e. The van der Waals surface area contributed by atoms with Crippen molar-refractivity contribution in [3.63, 3.8) is 0 Å². The Balaban J connectivity index is 1.62. The van der Waals surface area contributed by atoms with Gasteiger partial charge in [-0.05, 0) is 18.8 Å². The Kier molecular flexibility index (Phi) is 4.18. The highest BCUT2D eigenvalue weighted by molar-refractivity contribution is 7.15. The fourth-order valence-corrected chi connectivity index (χ4v) is 3.92. The van der Waals surface area contributed by atoms with Gasteiger partial charge in [0.15, 0.2) is 4.96 Å². The molecule has 0 amide bonds. The zero-order valence-corrected chi connectivity index (χ0v) is 12.2. The molecule has 0 bridgehead atoms. The Bertz CT molecular complexity index is 480. The van der Waals surface area contributed by atoms with Crippen LogP contribution in [0.2, 0.25) is 0 Å². The molecule has 0 aliphatic heterocycles. The molecule has 1 atom stereocenters. The number of rotatable bonds is 3. The minimum atomic E-state index is 0.280. The third-order valence-electron chi connectivity index (χ3n) is 4.34. The summed E-state index contributed by atoms with van der Waals surface area (Å²) in [7, 11) is 0. The van der Waals surface area contributed by atoms with Crippen molar-refractivity contribution in [2.75, 3.05) is 0 Å². The molecule has 1 aliphatic carbocycles. The molecule has 1 fully saturated rings. The maximum Gasteiger partial charge on any atom is 0.193 e. The van der Waals surface area contributed by atoms with Crippen molar-refractivity contribution in [2.24, 2.45) is 11.7 Å². The fraction of sp³-hybridized carbons (Fsp3) is 0.667. The normalized spacial score (nSPS) is 20.3. The van der Waals surface area contributed by atoms with E-state index in [9.17, 15) is 0 Å². The Hall–Kier alpha value is -0.870. The van der Waals surface area contributed by atoms with E-state index in [0.717, 1.165) is 17.1 Å². The summed E-state index contributed by atoms with van der Waals surface area (Å²) in [5.74, 6) is 0.694. The Morgan fingerprint density at radius 2 is 2.00 bits per heavy atom. The Morgan fingerprint density at radius 3 is 2.74 bits per heavy atom. The van der Waals surface area contributed by atoms with Crippen LogP contribution in [0.3, 0.4) is 0 Å². The molecule has 104 valence electrons. The van der Waals surface area contributed by atoms with Gasteiger partial charge < -0.3 is 5.73 Å². The molecule has 19 heavy (non-hydrogen) atoms. The first kappa shape index (κ1) is 13.1. The summed E-state index contributed by atoms with van der Waals surface area (Å²) in [4.78, 5) is 5.73. The number of hydrogen-bond acceptors (Lipinski definition) is 3. The van der Waals surface area contributed by atoms with Crippen LogP contribution in [0.25, 0.3) is 4.96 Å². The lowest BCUT2D eigenvalue weighted by molar-refractivity contribution is 0.321. The van der Waals surface area contributed by atoms with Crippen LogP contribution >= 0.6 is 11.3 Å². The lowest BCUT2D eigenvalue weighted by Crippen LogP contribution is -2.33. The van der Waals surface area contributed by atoms with Crippen molar-refractivity contribution in [3.05, 3.63) is 23.5 Å². The van der Waals surface area contributed by atoms with Gasteiger partial charge in [-0.2, -0.15) is 0 Å². The van der Waals surface area contributed by atoms with Gasteiger partial charge in [0.05, 0.1) is 5.69 Å². The van der Waals surface area contributed by atoms with Crippen molar-refractivity contribution in [1.82, 2.24) is 9.38 Å². The van der Waals surface area contributed by atoms with E-state index in [1.807, 2.05) is 0 Å². The van der Waals surface area contributed by atoms with E-state index in [1.54, 1.807) is 11.3 Å². The fourth-order valence-electron chi connectivity index (χ4n) is 3.20. The third kappa shape index (κ3) is 3.18. The summed E-state index contributed by atoms with van der Waals surface area (Å²) < 4.78 is 2.10. The molecular weight excluding hydrogens is 254 g/mol. The number of fused-ring (bicyclic) bond motifs is 1. The molecular formula is C15H23N3S. The first-order valence-electron chi connectivity index (χ1n) is 7.49. The van der Waals surface area contributed by atoms with Gasteiger partial charge in [0, 0.05) is 30.2 Å². The van der Waals surface area contributed by atoms with Crippen LogP contribution in [0.5, 0.6) is 0 Å². The summed E-state index contributed by atoms with van der Waals surface area (Å²) in [6.45, 7) is 0. The van der Waals surface area contributed by atoms with E-state index in [4.69, 9.17) is 5.73 Å². The van der Waals surface area contributed by atoms with E-state index in [2.05, 4.69) is 27.2 Å². The van der Waals surface area contributed by atoms with Crippen molar-refractivity contribution in [1.29, 1.82) is 0 Å². The minimum absolute atomic E-state index is 0.280. The molecule has 0 spiro atoms. The van der Waals surface area contributed by atoms with Crippen molar-refractivity contribution in [2.45, 2.75) is 57.4 Å². The van der Waals surface area contributed by atoms with Crippen molar-refractivity contribution in [3.8, 4) is 0 Å². The number of nitrogens with two attached hydrogens (primary N) is 1. The highest BCUT2D eigenvalue weighted by Gasteiger charge is 2.20. The zero-order chi connectivity index (χ0) is 13.1. The van der Waals surface area contributed by atoms with Crippen LogP contribution in [-0.2, 0) is 6.42 Å². The molecule has 1 unspecified atom stereocenters. The first-order valence-corrected chi connectivity index (χ1v) is 8.37. The van der Waals surface area contributed by atoms with Crippen LogP contribution in [0.4, 0.5) is 0 Å². The SMILES string of the molecule is NC(Cc1cn2ccsc2n1)C1CCCCCCC1. The van der Waals surface area contributed by atoms with E-state index in [-0.39, 0.29) is 6.04 Å². The molecule has 0 aromatic carbocycles. The first-order chi connectivity index (χ1) is 9.33. The third-order valence-corrected chi connectivity index (χ3v) is 5.11. The average molecular weight is 277 g/mol. The molecule has 3 nitrogen and oxygen atoms in total. The van der Waals surface area contributed by atoms with Crippen molar-refractivity contribution >= 4 is 16.3 Å². The predicted molar refractivity (Wildman–Crippen MR) is 80.6 cm³/mol. The highest BCUT2D eigenvalue weighted by Crippen LogP contribution is 2.25. The summed E-state index contributed by atoms with van der Waals surface area (Å²) in [6.07, 6.45) is 14.7. The second-order valence-electron chi connectivity index (χ2n) is 5.80. The van der Waals surface area contributed by atoms with Crippen LogP contribution < -0.4 is 5.73 Å². The maximum absolute atomic E-state index is 6.45. The smallest absolute Gasteiger partial charge is 0.193 e. The number of hydrogen-bond donors (Lipinski definition) is 1. The van der Waals surface area contributed by atoms with Gasteiger partial charge >= 0.3 is 0 Å². The number of nitrogens with zero attached hydrogens (tertiary/aromatic N) is 2. The molecule has 1 aliphatic rings. The summed E-state index contributed by atoms with van der Waals surface area (Å²) >= 11 is 1.69. The molecule has 0 saturated heterocycles. The molecule has 2 aromatic rings. The van der Waals surface area contributed by atoms with E-state index in [1.165, 1.54) is 44.9 Å². The Labute approximate surface area is 118 Å². The molecule has 2 heterocycles. The standard InChI is InChI=1S/C15H23N3S/c16-14(12-6-4-2-1-3-5-7-12)10-13-11-18-8-9-19-15(18)17-13/h8-9,11-12,14H,1-7,10,16H2. The van der Waals surface area contributed by atoms with Crippen LogP contribution in [-0.4, -0.2) is 15.4 Å². The van der Waals surface area contributed by atoms with E-state index in [0.29, 0.717) is 5.92 Å². The van der Waals surface area contributed by atoms with Gasteiger partial charge in [0.25, 0.3) is 0 Å². The number of thiazole rings is 1. The van der Waals surface area contributed by atoms with E-state index >= 15 is 0 Å². The zero-order valence-electron chi connectivity index (χ0n) is 11.4. The van der Waals surface area contributed by atoms with Gasteiger partial charge in [0.1, 0.15) is 0 Å². The molecule has 4 heteroatoms. The Morgan fingerprint density at radius 1 is 1.26 bits per heavy atom. The number of imidazole rings is 1. The monoisotopic (exact) mass is 277 g/mol.